The highest BCUT2D eigenvalue weighted by Gasteiger charge is 2.32. The Bertz CT molecular complexity index is 886. The van der Waals surface area contributed by atoms with Crippen molar-refractivity contribution in [1.29, 1.82) is 5.26 Å². The number of hydrogen-bond donors (Lipinski definition) is 3. The molecule has 1 aromatic carbocycles. The van der Waals surface area contributed by atoms with E-state index in [1.807, 2.05) is 19.1 Å². The molecule has 1 atom stereocenters. The van der Waals surface area contributed by atoms with Gasteiger partial charge in [-0.1, -0.05) is 52.5 Å². The number of aromatic nitrogens is 1. The topological polar surface area (TPSA) is 102 Å². The quantitative estimate of drug-likeness (QED) is 0.164. The molecule has 2 aromatic rings. The predicted octanol–water partition coefficient (Wildman–Crippen LogP) is 3.83. The van der Waals surface area contributed by atoms with E-state index in [9.17, 15) is 4.79 Å². The van der Waals surface area contributed by atoms with Crippen LogP contribution < -0.4 is 16.0 Å². The number of rotatable bonds is 5. The molecule has 28 heavy (non-hydrogen) atoms. The number of guanidine groups is 1. The Morgan fingerprint density at radius 2 is 1.93 bits per heavy atom. The summed E-state index contributed by atoms with van der Waals surface area (Å²) in [7, 11) is 0. The molecular formula is C18H17Cl3N6O. The molecule has 0 aliphatic carbocycles. The van der Waals surface area contributed by atoms with Crippen LogP contribution in [0, 0.1) is 18.4 Å². The van der Waals surface area contributed by atoms with Gasteiger partial charge in [-0.3, -0.25) is 10.1 Å². The second kappa shape index (κ2) is 9.60. The van der Waals surface area contributed by atoms with E-state index in [4.69, 9.17) is 40.1 Å². The van der Waals surface area contributed by atoms with Crippen molar-refractivity contribution in [1.82, 2.24) is 15.6 Å². The van der Waals surface area contributed by atoms with Crippen LogP contribution in [0.1, 0.15) is 22.8 Å². The summed E-state index contributed by atoms with van der Waals surface area (Å²) in [6.07, 6.45) is 2.15. The molecule has 1 amide bonds. The van der Waals surface area contributed by atoms with Gasteiger partial charge in [-0.25, -0.2) is 9.98 Å². The van der Waals surface area contributed by atoms with Crippen LogP contribution in [-0.2, 0) is 0 Å². The highest BCUT2D eigenvalue weighted by molar-refractivity contribution is 6.48. The van der Waals surface area contributed by atoms with Crippen LogP contribution in [0.15, 0.2) is 47.6 Å². The standard InChI is InChI=1S/C18H17Cl3N6O/c1-11-3-5-12(6-4-11)15(28)26-16(18(2,20)21)27-17(24-10-22)25-13-7-8-14(19)23-9-13/h3-9,16H,1-2H3,(H,26,28)(H2,24,25,27). The number of carbonyl (C=O) groups is 1. The molecule has 1 heterocycles. The first-order valence-electron chi connectivity index (χ1n) is 8.06. The second-order valence-corrected chi connectivity index (χ2v) is 8.06. The summed E-state index contributed by atoms with van der Waals surface area (Å²) >= 11 is 18.2. The van der Waals surface area contributed by atoms with Crippen LogP contribution in [-0.4, -0.2) is 27.3 Å². The molecule has 10 heteroatoms. The van der Waals surface area contributed by atoms with Crippen molar-refractivity contribution in [3.8, 4) is 6.19 Å². The van der Waals surface area contributed by atoms with Crippen molar-refractivity contribution in [3.05, 3.63) is 58.9 Å². The Labute approximate surface area is 177 Å². The Balaban J connectivity index is 2.25. The lowest BCUT2D eigenvalue weighted by molar-refractivity contribution is 0.0935. The van der Waals surface area contributed by atoms with Gasteiger partial charge in [-0.15, -0.1) is 0 Å². The van der Waals surface area contributed by atoms with E-state index >= 15 is 0 Å². The maximum atomic E-state index is 12.5. The minimum Gasteiger partial charge on any atom is -0.328 e. The summed E-state index contributed by atoms with van der Waals surface area (Å²) in [5.41, 5.74) is 1.96. The monoisotopic (exact) mass is 438 g/mol. The van der Waals surface area contributed by atoms with Crippen molar-refractivity contribution in [2.24, 2.45) is 4.99 Å². The van der Waals surface area contributed by atoms with Gasteiger partial charge in [-0.05, 0) is 38.1 Å². The van der Waals surface area contributed by atoms with Crippen LogP contribution >= 0.6 is 34.8 Å². The second-order valence-electron chi connectivity index (χ2n) is 5.91. The summed E-state index contributed by atoms with van der Waals surface area (Å²) in [6.45, 7) is 3.40. The highest BCUT2D eigenvalue weighted by Crippen LogP contribution is 2.26. The first kappa shape index (κ1) is 21.8. The third-order valence-corrected chi connectivity index (χ3v) is 4.12. The van der Waals surface area contributed by atoms with Gasteiger partial charge in [0.25, 0.3) is 5.91 Å². The molecule has 0 aliphatic heterocycles. The van der Waals surface area contributed by atoms with Gasteiger partial charge < -0.3 is 10.6 Å². The van der Waals surface area contributed by atoms with Gasteiger partial charge in [0.1, 0.15) is 5.15 Å². The normalized spacial score (nSPS) is 12.6. The molecule has 0 saturated heterocycles. The number of anilines is 1. The van der Waals surface area contributed by atoms with Gasteiger partial charge in [0.15, 0.2) is 16.7 Å². The summed E-state index contributed by atoms with van der Waals surface area (Å²) in [5.74, 6) is -0.390. The molecule has 0 bridgehead atoms. The van der Waals surface area contributed by atoms with Crippen LogP contribution in [0.25, 0.3) is 0 Å². The Morgan fingerprint density at radius 1 is 1.25 bits per heavy atom. The lowest BCUT2D eigenvalue weighted by Gasteiger charge is -2.25. The van der Waals surface area contributed by atoms with Gasteiger partial charge >= 0.3 is 0 Å². The highest BCUT2D eigenvalue weighted by atomic mass is 35.5. The van der Waals surface area contributed by atoms with Crippen LogP contribution in [0.4, 0.5) is 5.69 Å². The van der Waals surface area contributed by atoms with Crippen LogP contribution in [0.2, 0.25) is 5.15 Å². The predicted molar refractivity (Wildman–Crippen MR) is 112 cm³/mol. The SMILES string of the molecule is Cc1ccc(C(=O)NC(/N=C(\NC#N)Nc2ccc(Cl)nc2)C(C)(Cl)Cl)cc1. The molecule has 0 fully saturated rings. The smallest absolute Gasteiger partial charge is 0.253 e. The molecule has 0 radical (unpaired) electrons. The van der Waals surface area contributed by atoms with Crippen LogP contribution in [0.5, 0.6) is 0 Å². The molecule has 7 nitrogen and oxygen atoms in total. The number of aryl methyl sites for hydroxylation is 1. The van der Waals surface area contributed by atoms with Gasteiger partial charge in [0.2, 0.25) is 5.96 Å². The van der Waals surface area contributed by atoms with Gasteiger partial charge in [-0.2, -0.15) is 5.26 Å². The number of alkyl halides is 2. The number of nitrogens with zero attached hydrogens (tertiary/aromatic N) is 3. The Morgan fingerprint density at radius 3 is 2.46 bits per heavy atom. The third kappa shape index (κ3) is 6.57. The van der Waals surface area contributed by atoms with Crippen LogP contribution in [0.3, 0.4) is 0 Å². The molecule has 0 saturated carbocycles. The fourth-order valence-corrected chi connectivity index (χ4v) is 2.37. The number of amides is 1. The lowest BCUT2D eigenvalue weighted by atomic mass is 10.1. The number of nitrogens with one attached hydrogen (secondary N) is 3. The molecular weight excluding hydrogens is 423 g/mol. The lowest BCUT2D eigenvalue weighted by Crippen LogP contribution is -2.45. The van der Waals surface area contributed by atoms with Crippen molar-refractivity contribution >= 4 is 52.4 Å². The zero-order valence-electron chi connectivity index (χ0n) is 15.0. The number of benzene rings is 1. The zero-order valence-corrected chi connectivity index (χ0v) is 17.3. The first-order chi connectivity index (χ1) is 13.2. The fraction of sp³-hybridized carbons (Fsp3) is 0.222. The largest absolute Gasteiger partial charge is 0.328 e. The third-order valence-electron chi connectivity index (χ3n) is 3.48. The van der Waals surface area contributed by atoms with Crippen molar-refractivity contribution in [2.45, 2.75) is 24.3 Å². The number of nitriles is 1. The van der Waals surface area contributed by atoms with E-state index in [0.29, 0.717) is 16.4 Å². The van der Waals surface area contributed by atoms with Gasteiger partial charge in [0, 0.05) is 5.56 Å². The van der Waals surface area contributed by atoms with E-state index in [1.54, 1.807) is 30.5 Å². The number of halogens is 3. The summed E-state index contributed by atoms with van der Waals surface area (Å²) < 4.78 is -1.46. The van der Waals surface area contributed by atoms with E-state index < -0.39 is 16.4 Å². The molecule has 2 rings (SSSR count). The summed E-state index contributed by atoms with van der Waals surface area (Å²) in [4.78, 5) is 20.7. The first-order valence-corrected chi connectivity index (χ1v) is 9.19. The minimum absolute atomic E-state index is 0.0216. The van der Waals surface area contributed by atoms with E-state index in [0.717, 1.165) is 5.56 Å². The van der Waals surface area contributed by atoms with E-state index in [2.05, 4.69) is 25.9 Å². The maximum Gasteiger partial charge on any atom is 0.253 e. The Kier molecular flexibility index (Phi) is 7.46. The fourth-order valence-electron chi connectivity index (χ4n) is 2.05. The summed E-state index contributed by atoms with van der Waals surface area (Å²) in [6, 6.07) is 10.2. The average Bonchev–Trinajstić information content (AvgIpc) is 2.63. The maximum absolute atomic E-state index is 12.5. The Hall–Kier alpha value is -2.53. The molecule has 3 N–H and O–H groups in total. The van der Waals surface area contributed by atoms with Crippen molar-refractivity contribution in [3.63, 3.8) is 0 Å². The summed E-state index contributed by atoms with van der Waals surface area (Å²) in [5, 5.41) is 17.2. The number of pyridine rings is 1. The number of aliphatic imine (C=N–C) groups is 1. The molecule has 0 spiro atoms. The zero-order chi connectivity index (χ0) is 20.7. The van der Waals surface area contributed by atoms with E-state index in [-0.39, 0.29) is 5.96 Å². The molecule has 1 unspecified atom stereocenters. The van der Waals surface area contributed by atoms with E-state index in [1.165, 1.54) is 13.1 Å². The molecule has 146 valence electrons. The minimum atomic E-state index is -1.46. The van der Waals surface area contributed by atoms with Crippen molar-refractivity contribution in [2.75, 3.05) is 5.32 Å². The average molecular weight is 440 g/mol. The molecule has 0 aliphatic rings. The molecule has 1 aromatic heterocycles. The van der Waals surface area contributed by atoms with Gasteiger partial charge in [0.05, 0.1) is 11.9 Å². The number of hydrogen-bond acceptors (Lipinski definition) is 4. The van der Waals surface area contributed by atoms with Crippen molar-refractivity contribution < 1.29 is 4.79 Å². The number of carbonyl (C=O) groups excluding carboxylic acids is 1.